The molecule has 7 heteroatoms. The summed E-state index contributed by atoms with van der Waals surface area (Å²) < 4.78 is 7.98. The van der Waals surface area contributed by atoms with Crippen molar-refractivity contribution in [2.45, 2.75) is 18.9 Å². The Hall–Kier alpha value is -2.83. The lowest BCUT2D eigenvalue weighted by atomic mass is 10.0. The zero-order valence-corrected chi connectivity index (χ0v) is 13.6. The molecule has 0 saturated carbocycles. The van der Waals surface area contributed by atoms with Crippen LogP contribution in [0.3, 0.4) is 0 Å². The number of rotatable bonds is 3. The van der Waals surface area contributed by atoms with Crippen LogP contribution in [0.4, 0.5) is 0 Å². The van der Waals surface area contributed by atoms with Gasteiger partial charge in [0.05, 0.1) is 6.54 Å². The number of aryl methyl sites for hydroxylation is 1. The van der Waals surface area contributed by atoms with Crippen molar-refractivity contribution < 1.29 is 9.53 Å². The van der Waals surface area contributed by atoms with Gasteiger partial charge in [0.1, 0.15) is 17.5 Å². The van der Waals surface area contributed by atoms with Gasteiger partial charge < -0.3 is 10.1 Å². The second-order valence-corrected chi connectivity index (χ2v) is 5.86. The van der Waals surface area contributed by atoms with Crippen molar-refractivity contribution in [3.8, 4) is 5.75 Å². The lowest BCUT2D eigenvalue weighted by molar-refractivity contribution is 0.0908. The summed E-state index contributed by atoms with van der Waals surface area (Å²) in [5, 5.41) is 2.74. The first-order valence-electron chi connectivity index (χ1n) is 7.77. The van der Waals surface area contributed by atoms with Crippen molar-refractivity contribution in [3.05, 3.63) is 62.4 Å². The van der Waals surface area contributed by atoms with Crippen molar-refractivity contribution in [2.75, 3.05) is 6.54 Å². The summed E-state index contributed by atoms with van der Waals surface area (Å²) in [4.78, 5) is 35.9. The molecule has 0 spiro atoms. The zero-order valence-electron chi connectivity index (χ0n) is 13.6. The number of nitrogens with zero attached hydrogens (tertiary/aromatic N) is 2. The van der Waals surface area contributed by atoms with E-state index in [2.05, 4.69) is 5.32 Å². The van der Waals surface area contributed by atoms with Crippen LogP contribution in [0.25, 0.3) is 0 Å². The maximum atomic E-state index is 12.3. The largest absolute Gasteiger partial charge is 0.488 e. The molecule has 1 aliphatic heterocycles. The average Bonchev–Trinajstić information content (AvgIpc) is 2.60. The summed E-state index contributed by atoms with van der Waals surface area (Å²) in [6.07, 6.45) is 1.56. The first kappa shape index (κ1) is 16.0. The van der Waals surface area contributed by atoms with Crippen LogP contribution in [0, 0.1) is 0 Å². The van der Waals surface area contributed by atoms with Gasteiger partial charge in [-0.15, -0.1) is 0 Å². The number of fused-ring (bicyclic) bond motifs is 1. The molecule has 1 amide bonds. The lowest BCUT2D eigenvalue weighted by Gasteiger charge is -2.26. The van der Waals surface area contributed by atoms with E-state index in [0.717, 1.165) is 39.4 Å². The molecule has 1 atom stereocenters. The van der Waals surface area contributed by atoms with Crippen LogP contribution in [-0.4, -0.2) is 27.7 Å². The first-order valence-corrected chi connectivity index (χ1v) is 7.77. The van der Waals surface area contributed by atoms with E-state index in [1.54, 1.807) is 0 Å². The van der Waals surface area contributed by atoms with Gasteiger partial charge in [-0.05, 0) is 24.5 Å². The second kappa shape index (κ2) is 6.35. The van der Waals surface area contributed by atoms with E-state index in [9.17, 15) is 14.4 Å². The molecule has 1 aliphatic rings. The normalized spacial score (nSPS) is 16.2. The molecule has 7 nitrogen and oxygen atoms in total. The molecular formula is C17H19N3O4. The maximum absolute atomic E-state index is 12.3. The number of amides is 1. The van der Waals surface area contributed by atoms with Crippen LogP contribution in [0.5, 0.6) is 5.75 Å². The molecule has 0 aliphatic carbocycles. The van der Waals surface area contributed by atoms with E-state index < -0.39 is 17.2 Å². The van der Waals surface area contributed by atoms with E-state index >= 15 is 0 Å². The fraction of sp³-hybridized carbons (Fsp3) is 0.353. The van der Waals surface area contributed by atoms with Crippen LogP contribution in [-0.2, 0) is 20.5 Å². The van der Waals surface area contributed by atoms with Crippen LogP contribution >= 0.6 is 0 Å². The summed E-state index contributed by atoms with van der Waals surface area (Å²) in [6.45, 7) is 0.316. The second-order valence-electron chi connectivity index (χ2n) is 5.86. The highest BCUT2D eigenvalue weighted by Gasteiger charge is 2.21. The van der Waals surface area contributed by atoms with Gasteiger partial charge in [-0.2, -0.15) is 0 Å². The fourth-order valence-corrected chi connectivity index (χ4v) is 2.77. The van der Waals surface area contributed by atoms with Gasteiger partial charge in [-0.1, -0.05) is 18.2 Å². The highest BCUT2D eigenvalue weighted by atomic mass is 16.5. The lowest BCUT2D eigenvalue weighted by Crippen LogP contribution is -2.43. The van der Waals surface area contributed by atoms with E-state index in [4.69, 9.17) is 4.74 Å². The van der Waals surface area contributed by atoms with Gasteiger partial charge >= 0.3 is 5.69 Å². The van der Waals surface area contributed by atoms with E-state index in [1.165, 1.54) is 14.1 Å². The molecule has 24 heavy (non-hydrogen) atoms. The minimum Gasteiger partial charge on any atom is -0.488 e. The molecule has 0 bridgehead atoms. The van der Waals surface area contributed by atoms with Crippen molar-refractivity contribution in [1.29, 1.82) is 0 Å². The molecule has 1 aromatic carbocycles. The Labute approximate surface area is 138 Å². The highest BCUT2D eigenvalue weighted by Crippen LogP contribution is 2.26. The van der Waals surface area contributed by atoms with Crippen molar-refractivity contribution in [1.82, 2.24) is 14.5 Å². The number of carbonyl (C=O) groups is 1. The van der Waals surface area contributed by atoms with Gasteiger partial charge in [0.15, 0.2) is 0 Å². The molecule has 3 rings (SSSR count). The number of aromatic nitrogens is 2. The summed E-state index contributed by atoms with van der Waals surface area (Å²) in [5.74, 6) is 0.374. The van der Waals surface area contributed by atoms with Crippen LogP contribution in [0.2, 0.25) is 0 Å². The maximum Gasteiger partial charge on any atom is 0.331 e. The standard InChI is InChI=1S/C17H19N3O4/c1-19-13(9-15(21)20(2)17(19)23)16(22)18-10-12-8-7-11-5-3-4-6-14(11)24-12/h3-6,9,12H,7-8,10H2,1-2H3,(H,18,22)/t12-/m1/s1. The number of hydrogen-bond acceptors (Lipinski definition) is 4. The molecule has 1 N–H and O–H groups in total. The Morgan fingerprint density at radius 2 is 2.00 bits per heavy atom. The van der Waals surface area contributed by atoms with Gasteiger partial charge in [0.25, 0.3) is 11.5 Å². The third kappa shape index (κ3) is 2.97. The first-order chi connectivity index (χ1) is 11.5. The highest BCUT2D eigenvalue weighted by molar-refractivity contribution is 5.92. The quantitative estimate of drug-likeness (QED) is 0.872. The number of ether oxygens (including phenoxy) is 1. The topological polar surface area (TPSA) is 82.3 Å². The number of nitrogens with one attached hydrogen (secondary N) is 1. The third-order valence-corrected chi connectivity index (χ3v) is 4.25. The van der Waals surface area contributed by atoms with E-state index in [-0.39, 0.29) is 11.8 Å². The summed E-state index contributed by atoms with van der Waals surface area (Å²) >= 11 is 0. The smallest absolute Gasteiger partial charge is 0.331 e. The molecule has 1 aromatic heterocycles. The molecule has 0 radical (unpaired) electrons. The summed E-state index contributed by atoms with van der Waals surface area (Å²) in [7, 11) is 2.84. The van der Waals surface area contributed by atoms with E-state index in [0.29, 0.717) is 6.54 Å². The SMILES string of the molecule is Cn1c(C(=O)NC[C@H]2CCc3ccccc3O2)cc(=O)n(C)c1=O. The Morgan fingerprint density at radius 1 is 1.25 bits per heavy atom. The molecule has 2 heterocycles. The van der Waals surface area contributed by atoms with Crippen LogP contribution in [0.1, 0.15) is 22.5 Å². The third-order valence-electron chi connectivity index (χ3n) is 4.25. The van der Waals surface area contributed by atoms with Gasteiger partial charge in [0, 0.05) is 20.2 Å². The fourth-order valence-electron chi connectivity index (χ4n) is 2.77. The monoisotopic (exact) mass is 329 g/mol. The number of benzene rings is 1. The Bertz CT molecular complexity index is 897. The molecular weight excluding hydrogens is 310 g/mol. The Morgan fingerprint density at radius 3 is 2.79 bits per heavy atom. The minimum atomic E-state index is -0.532. The Balaban J connectivity index is 1.69. The predicted octanol–water partition coefficient (Wildman–Crippen LogP) is 0.208. The summed E-state index contributed by atoms with van der Waals surface area (Å²) in [6, 6.07) is 8.98. The van der Waals surface area contributed by atoms with Crippen LogP contribution in [0.15, 0.2) is 39.9 Å². The van der Waals surface area contributed by atoms with E-state index in [1.807, 2.05) is 24.3 Å². The Kier molecular flexibility index (Phi) is 4.24. The number of para-hydroxylation sites is 1. The zero-order chi connectivity index (χ0) is 17.3. The molecule has 0 saturated heterocycles. The molecule has 0 unspecified atom stereocenters. The van der Waals surface area contributed by atoms with Gasteiger partial charge in [-0.25, -0.2) is 4.79 Å². The molecule has 126 valence electrons. The predicted molar refractivity (Wildman–Crippen MR) is 88.4 cm³/mol. The van der Waals surface area contributed by atoms with Crippen molar-refractivity contribution in [2.24, 2.45) is 14.1 Å². The minimum absolute atomic E-state index is 0.0410. The number of hydrogen-bond donors (Lipinski definition) is 1. The molecule has 0 fully saturated rings. The summed E-state index contributed by atoms with van der Waals surface area (Å²) in [5.41, 5.74) is 0.162. The molecule has 2 aromatic rings. The average molecular weight is 329 g/mol. The number of carbonyl (C=O) groups excluding carboxylic acids is 1. The van der Waals surface area contributed by atoms with Gasteiger partial charge in [0.2, 0.25) is 0 Å². The van der Waals surface area contributed by atoms with Crippen LogP contribution < -0.4 is 21.3 Å². The van der Waals surface area contributed by atoms with Crippen molar-refractivity contribution >= 4 is 5.91 Å². The van der Waals surface area contributed by atoms with Gasteiger partial charge in [-0.3, -0.25) is 18.7 Å². The van der Waals surface area contributed by atoms with Crippen molar-refractivity contribution in [3.63, 3.8) is 0 Å².